The van der Waals surface area contributed by atoms with Gasteiger partial charge in [-0.3, -0.25) is 4.79 Å². The van der Waals surface area contributed by atoms with Gasteiger partial charge in [0.1, 0.15) is 6.26 Å². The van der Waals surface area contributed by atoms with Gasteiger partial charge < -0.3 is 19.8 Å². The van der Waals surface area contributed by atoms with Crippen LogP contribution in [0.25, 0.3) is 0 Å². The van der Waals surface area contributed by atoms with Crippen molar-refractivity contribution in [1.82, 2.24) is 10.6 Å². The molecule has 1 unspecified atom stereocenters. The Balaban J connectivity index is 1.84. The number of amides is 1. The van der Waals surface area contributed by atoms with Crippen LogP contribution < -0.4 is 16.3 Å². The second-order valence-corrected chi connectivity index (χ2v) is 3.78. The quantitative estimate of drug-likeness (QED) is 0.732. The molecule has 0 aliphatic carbocycles. The van der Waals surface area contributed by atoms with E-state index in [-0.39, 0.29) is 11.9 Å². The van der Waals surface area contributed by atoms with Crippen molar-refractivity contribution in [1.29, 1.82) is 0 Å². The average Bonchev–Trinajstić information content (AvgIpc) is 2.38. The minimum absolute atomic E-state index is 0.128. The van der Waals surface area contributed by atoms with Crippen molar-refractivity contribution in [3.63, 3.8) is 0 Å². The smallest absolute Gasteiger partial charge is 0.335 e. The molecule has 1 aliphatic heterocycles. The van der Waals surface area contributed by atoms with Gasteiger partial charge in [-0.1, -0.05) is 0 Å². The summed E-state index contributed by atoms with van der Waals surface area (Å²) in [7, 11) is 0. The van der Waals surface area contributed by atoms with Gasteiger partial charge in [0, 0.05) is 25.2 Å². The molecule has 1 aliphatic rings. The van der Waals surface area contributed by atoms with E-state index in [1.165, 1.54) is 12.1 Å². The predicted octanol–water partition coefficient (Wildman–Crippen LogP) is -0.642. The van der Waals surface area contributed by atoms with Crippen LogP contribution in [-0.2, 0) is 4.74 Å². The largest absolute Gasteiger partial charge is 0.430 e. The Labute approximate surface area is 98.0 Å². The number of carbonyl (C=O) groups excluding carboxylic acids is 1. The minimum atomic E-state index is -0.469. The normalized spacial score (nSPS) is 19.9. The third-order valence-corrected chi connectivity index (χ3v) is 2.47. The van der Waals surface area contributed by atoms with E-state index in [9.17, 15) is 9.59 Å². The molecule has 0 radical (unpaired) electrons. The maximum atomic E-state index is 11.7. The van der Waals surface area contributed by atoms with Crippen molar-refractivity contribution in [2.24, 2.45) is 0 Å². The molecule has 1 aromatic rings. The molecule has 17 heavy (non-hydrogen) atoms. The summed E-state index contributed by atoms with van der Waals surface area (Å²) < 4.78 is 9.88. The topological polar surface area (TPSA) is 80.6 Å². The van der Waals surface area contributed by atoms with Crippen LogP contribution in [0.4, 0.5) is 0 Å². The summed E-state index contributed by atoms with van der Waals surface area (Å²) in [5.41, 5.74) is -0.134. The Morgan fingerprint density at radius 2 is 2.41 bits per heavy atom. The molecule has 6 nitrogen and oxygen atoms in total. The first-order chi connectivity index (χ1) is 8.25. The van der Waals surface area contributed by atoms with Crippen LogP contribution in [0.15, 0.2) is 27.6 Å². The molecule has 1 amide bonds. The second-order valence-electron chi connectivity index (χ2n) is 3.78. The number of ether oxygens (including phenoxy) is 1. The Morgan fingerprint density at radius 3 is 3.06 bits per heavy atom. The molecule has 2 heterocycles. The Bertz CT molecular complexity index is 417. The van der Waals surface area contributed by atoms with E-state index < -0.39 is 5.63 Å². The molecule has 0 bridgehead atoms. The second kappa shape index (κ2) is 5.60. The lowest BCUT2D eigenvalue weighted by molar-refractivity contribution is 0.0734. The van der Waals surface area contributed by atoms with Gasteiger partial charge in [-0.05, 0) is 6.07 Å². The van der Waals surface area contributed by atoms with Gasteiger partial charge in [-0.15, -0.1) is 0 Å². The highest BCUT2D eigenvalue weighted by Crippen LogP contribution is 1.96. The zero-order valence-corrected chi connectivity index (χ0v) is 9.27. The molecule has 2 N–H and O–H groups in total. The fraction of sp³-hybridized carbons (Fsp3) is 0.455. The molecule has 1 fully saturated rings. The summed E-state index contributed by atoms with van der Waals surface area (Å²) in [6, 6.07) is 2.78. The van der Waals surface area contributed by atoms with Crippen LogP contribution in [0, 0.1) is 0 Å². The highest BCUT2D eigenvalue weighted by Gasteiger charge is 2.14. The highest BCUT2D eigenvalue weighted by molar-refractivity contribution is 5.93. The SMILES string of the molecule is O=C(NCC1COCCN1)c1ccc(=O)oc1. The van der Waals surface area contributed by atoms with Crippen LogP contribution in [0.5, 0.6) is 0 Å². The maximum Gasteiger partial charge on any atom is 0.335 e. The van der Waals surface area contributed by atoms with Crippen LogP contribution in [-0.4, -0.2) is 38.3 Å². The summed E-state index contributed by atoms with van der Waals surface area (Å²) in [5, 5.41) is 5.97. The maximum absolute atomic E-state index is 11.7. The average molecular weight is 238 g/mol. The molecule has 1 atom stereocenters. The number of carbonyl (C=O) groups is 1. The summed E-state index contributed by atoms with van der Waals surface area (Å²) in [6.07, 6.45) is 1.16. The lowest BCUT2D eigenvalue weighted by Crippen LogP contribution is -2.48. The van der Waals surface area contributed by atoms with E-state index >= 15 is 0 Å². The van der Waals surface area contributed by atoms with Gasteiger partial charge in [-0.2, -0.15) is 0 Å². The van der Waals surface area contributed by atoms with E-state index in [4.69, 9.17) is 4.74 Å². The van der Waals surface area contributed by atoms with Crippen molar-refractivity contribution >= 4 is 5.91 Å². The molecule has 0 saturated carbocycles. The van der Waals surface area contributed by atoms with Crippen molar-refractivity contribution in [3.05, 3.63) is 34.4 Å². The Morgan fingerprint density at radius 1 is 1.53 bits per heavy atom. The molecule has 0 spiro atoms. The molecule has 92 valence electrons. The third-order valence-electron chi connectivity index (χ3n) is 2.47. The van der Waals surface area contributed by atoms with Crippen molar-refractivity contribution in [3.8, 4) is 0 Å². The van der Waals surface area contributed by atoms with Gasteiger partial charge in [0.15, 0.2) is 0 Å². The number of hydrogen-bond donors (Lipinski definition) is 2. The summed E-state index contributed by atoms with van der Waals surface area (Å²) >= 11 is 0. The lowest BCUT2D eigenvalue weighted by atomic mass is 10.2. The molecule has 6 heteroatoms. The van der Waals surface area contributed by atoms with Crippen LogP contribution in [0.2, 0.25) is 0 Å². The van der Waals surface area contributed by atoms with Gasteiger partial charge in [-0.25, -0.2) is 4.79 Å². The molecule has 1 saturated heterocycles. The first-order valence-electron chi connectivity index (χ1n) is 5.44. The van der Waals surface area contributed by atoms with Crippen molar-refractivity contribution in [2.75, 3.05) is 26.3 Å². The van der Waals surface area contributed by atoms with E-state index in [1.807, 2.05) is 0 Å². The fourth-order valence-corrected chi connectivity index (χ4v) is 1.56. The van der Waals surface area contributed by atoms with E-state index in [2.05, 4.69) is 15.1 Å². The third kappa shape index (κ3) is 3.40. The van der Waals surface area contributed by atoms with Crippen molar-refractivity contribution in [2.45, 2.75) is 6.04 Å². The van der Waals surface area contributed by atoms with Crippen molar-refractivity contribution < 1.29 is 13.9 Å². The zero-order chi connectivity index (χ0) is 12.1. The molecule has 0 aromatic carbocycles. The zero-order valence-electron chi connectivity index (χ0n) is 9.27. The number of hydrogen-bond acceptors (Lipinski definition) is 5. The number of rotatable bonds is 3. The van der Waals surface area contributed by atoms with E-state index in [0.29, 0.717) is 25.3 Å². The monoisotopic (exact) mass is 238 g/mol. The Kier molecular flexibility index (Phi) is 3.89. The van der Waals surface area contributed by atoms with E-state index in [0.717, 1.165) is 12.8 Å². The van der Waals surface area contributed by atoms with Crippen LogP contribution in [0.1, 0.15) is 10.4 Å². The molecule has 1 aromatic heterocycles. The van der Waals surface area contributed by atoms with E-state index in [1.54, 1.807) is 0 Å². The first-order valence-corrected chi connectivity index (χ1v) is 5.44. The first kappa shape index (κ1) is 11.8. The minimum Gasteiger partial charge on any atom is -0.430 e. The summed E-state index contributed by atoms with van der Waals surface area (Å²) in [6.45, 7) is 2.57. The van der Waals surface area contributed by atoms with Gasteiger partial charge >= 0.3 is 5.63 Å². The van der Waals surface area contributed by atoms with Gasteiger partial charge in [0.25, 0.3) is 5.91 Å². The van der Waals surface area contributed by atoms with Gasteiger partial charge in [0.2, 0.25) is 0 Å². The van der Waals surface area contributed by atoms with Crippen LogP contribution in [0.3, 0.4) is 0 Å². The molecule has 2 rings (SSSR count). The predicted molar refractivity (Wildman–Crippen MR) is 59.9 cm³/mol. The highest BCUT2D eigenvalue weighted by atomic mass is 16.5. The molecular weight excluding hydrogens is 224 g/mol. The number of morpholine rings is 1. The standard InChI is InChI=1S/C11H14N2O4/c14-10-2-1-8(6-17-10)11(15)13-5-9-7-16-4-3-12-9/h1-2,6,9,12H,3-5,7H2,(H,13,15). The molecular formula is C11H14N2O4. The number of nitrogens with one attached hydrogen (secondary N) is 2. The lowest BCUT2D eigenvalue weighted by Gasteiger charge is -2.23. The Hall–Kier alpha value is -1.66. The fourth-order valence-electron chi connectivity index (χ4n) is 1.56. The van der Waals surface area contributed by atoms with Gasteiger partial charge in [0.05, 0.1) is 18.8 Å². The summed E-state index contributed by atoms with van der Waals surface area (Å²) in [5.74, 6) is -0.263. The summed E-state index contributed by atoms with van der Waals surface area (Å²) in [4.78, 5) is 22.4. The van der Waals surface area contributed by atoms with Crippen LogP contribution >= 0.6 is 0 Å².